The van der Waals surface area contributed by atoms with Gasteiger partial charge in [0.1, 0.15) is 0 Å². The van der Waals surface area contributed by atoms with Gasteiger partial charge in [-0.3, -0.25) is 4.79 Å². The topological polar surface area (TPSA) is 38.1 Å². The molecule has 0 fully saturated rings. The number of aryl methyl sites for hydroxylation is 1. The second kappa shape index (κ2) is 8.00. The predicted molar refractivity (Wildman–Crippen MR) is 105 cm³/mol. The fraction of sp³-hybridized carbons (Fsp3) is 0.273. The minimum atomic E-state index is 0.0250. The number of rotatable bonds is 6. The lowest BCUT2D eigenvalue weighted by Crippen LogP contribution is -2.27. The highest BCUT2D eigenvalue weighted by molar-refractivity contribution is 5.96. The molecule has 0 aliphatic carbocycles. The molecule has 4 nitrogen and oxygen atoms in total. The minimum absolute atomic E-state index is 0.0250. The molecule has 1 aromatic heterocycles. The standard InChI is InChI=1S/C22H25N3O/c1-4-11-20-21(17(2)25(23-20)19-14-9-6-10-15-19)22(26)24(3)16-18-12-7-5-8-13-18/h5-10,12-15H,4,11,16H2,1-3H3. The smallest absolute Gasteiger partial charge is 0.257 e. The van der Waals surface area contributed by atoms with Gasteiger partial charge in [0.25, 0.3) is 5.91 Å². The minimum Gasteiger partial charge on any atom is -0.337 e. The molecule has 0 spiro atoms. The van der Waals surface area contributed by atoms with E-state index in [1.807, 2.05) is 79.3 Å². The van der Waals surface area contributed by atoms with E-state index in [1.165, 1.54) is 0 Å². The van der Waals surface area contributed by atoms with E-state index in [1.54, 1.807) is 4.90 Å². The molecule has 0 radical (unpaired) electrons. The molecule has 0 saturated carbocycles. The van der Waals surface area contributed by atoms with Gasteiger partial charge in [0, 0.05) is 13.6 Å². The highest BCUT2D eigenvalue weighted by atomic mass is 16.2. The van der Waals surface area contributed by atoms with Crippen LogP contribution in [0.15, 0.2) is 60.7 Å². The van der Waals surface area contributed by atoms with Gasteiger partial charge in [0.05, 0.1) is 22.6 Å². The zero-order chi connectivity index (χ0) is 18.5. The van der Waals surface area contributed by atoms with Crippen LogP contribution < -0.4 is 0 Å². The van der Waals surface area contributed by atoms with Crippen LogP contribution in [0.4, 0.5) is 0 Å². The maximum atomic E-state index is 13.2. The van der Waals surface area contributed by atoms with Gasteiger partial charge in [-0.1, -0.05) is 61.9 Å². The summed E-state index contributed by atoms with van der Waals surface area (Å²) in [4.78, 5) is 15.0. The van der Waals surface area contributed by atoms with Gasteiger partial charge in [0.2, 0.25) is 0 Å². The van der Waals surface area contributed by atoms with Crippen LogP contribution in [0.2, 0.25) is 0 Å². The Balaban J connectivity index is 1.95. The molecule has 0 N–H and O–H groups in total. The molecule has 0 aliphatic rings. The SMILES string of the molecule is CCCc1nn(-c2ccccc2)c(C)c1C(=O)N(C)Cc1ccccc1. The number of amides is 1. The van der Waals surface area contributed by atoms with Crippen molar-refractivity contribution in [2.45, 2.75) is 33.2 Å². The zero-order valence-electron chi connectivity index (χ0n) is 15.6. The fourth-order valence-corrected chi connectivity index (χ4v) is 3.19. The molecule has 1 heterocycles. The summed E-state index contributed by atoms with van der Waals surface area (Å²) in [5, 5.41) is 4.75. The van der Waals surface area contributed by atoms with Gasteiger partial charge < -0.3 is 4.90 Å². The number of aromatic nitrogens is 2. The Morgan fingerprint density at radius 3 is 2.27 bits per heavy atom. The highest BCUT2D eigenvalue weighted by Crippen LogP contribution is 2.21. The van der Waals surface area contributed by atoms with E-state index in [2.05, 4.69) is 6.92 Å². The van der Waals surface area contributed by atoms with E-state index in [9.17, 15) is 4.79 Å². The van der Waals surface area contributed by atoms with Crippen LogP contribution in [0.5, 0.6) is 0 Å². The highest BCUT2D eigenvalue weighted by Gasteiger charge is 2.24. The number of nitrogens with zero attached hydrogens (tertiary/aromatic N) is 3. The summed E-state index contributed by atoms with van der Waals surface area (Å²) in [7, 11) is 1.85. The van der Waals surface area contributed by atoms with Crippen LogP contribution in [-0.2, 0) is 13.0 Å². The van der Waals surface area contributed by atoms with Gasteiger partial charge in [-0.15, -0.1) is 0 Å². The van der Waals surface area contributed by atoms with Crippen molar-refractivity contribution in [1.82, 2.24) is 14.7 Å². The maximum Gasteiger partial charge on any atom is 0.257 e. The zero-order valence-corrected chi connectivity index (χ0v) is 15.6. The number of para-hydroxylation sites is 1. The Labute approximate surface area is 155 Å². The second-order valence-corrected chi connectivity index (χ2v) is 6.55. The first-order valence-electron chi connectivity index (χ1n) is 9.05. The molecule has 4 heteroatoms. The van der Waals surface area contributed by atoms with Crippen molar-refractivity contribution in [3.05, 3.63) is 83.2 Å². The van der Waals surface area contributed by atoms with E-state index in [0.29, 0.717) is 6.54 Å². The van der Waals surface area contributed by atoms with E-state index >= 15 is 0 Å². The number of hydrogen-bond acceptors (Lipinski definition) is 2. The van der Waals surface area contributed by atoms with Crippen molar-refractivity contribution in [1.29, 1.82) is 0 Å². The average Bonchev–Trinajstić information content (AvgIpc) is 2.99. The van der Waals surface area contributed by atoms with E-state index in [0.717, 1.165) is 41.0 Å². The fourth-order valence-electron chi connectivity index (χ4n) is 3.19. The van der Waals surface area contributed by atoms with Crippen molar-refractivity contribution < 1.29 is 4.79 Å². The first kappa shape index (κ1) is 17.9. The Morgan fingerprint density at radius 2 is 1.65 bits per heavy atom. The molecule has 0 bridgehead atoms. The molecular weight excluding hydrogens is 322 g/mol. The number of carbonyl (C=O) groups is 1. The van der Waals surface area contributed by atoms with Gasteiger partial charge in [-0.25, -0.2) is 4.68 Å². The Bertz CT molecular complexity index is 869. The molecular formula is C22H25N3O. The Morgan fingerprint density at radius 1 is 1.04 bits per heavy atom. The summed E-state index contributed by atoms with van der Waals surface area (Å²) < 4.78 is 1.88. The molecule has 2 aromatic carbocycles. The molecule has 3 aromatic rings. The van der Waals surface area contributed by atoms with Gasteiger partial charge in [0.15, 0.2) is 0 Å². The van der Waals surface area contributed by atoms with Crippen molar-refractivity contribution in [2.24, 2.45) is 0 Å². The van der Waals surface area contributed by atoms with Crippen molar-refractivity contribution >= 4 is 5.91 Å². The largest absolute Gasteiger partial charge is 0.337 e. The second-order valence-electron chi connectivity index (χ2n) is 6.55. The average molecular weight is 347 g/mol. The molecule has 0 aliphatic heterocycles. The van der Waals surface area contributed by atoms with Crippen LogP contribution in [-0.4, -0.2) is 27.6 Å². The summed E-state index contributed by atoms with van der Waals surface area (Å²) in [5.74, 6) is 0.0250. The van der Waals surface area contributed by atoms with E-state index in [4.69, 9.17) is 5.10 Å². The van der Waals surface area contributed by atoms with Gasteiger partial charge in [-0.2, -0.15) is 5.10 Å². The lowest BCUT2D eigenvalue weighted by molar-refractivity contribution is 0.0783. The van der Waals surface area contributed by atoms with Crippen molar-refractivity contribution in [3.63, 3.8) is 0 Å². The molecule has 26 heavy (non-hydrogen) atoms. The van der Waals surface area contributed by atoms with Crippen LogP contribution in [0.3, 0.4) is 0 Å². The third kappa shape index (κ3) is 3.69. The van der Waals surface area contributed by atoms with Crippen LogP contribution in [0, 0.1) is 6.92 Å². The molecule has 3 rings (SSSR count). The maximum absolute atomic E-state index is 13.2. The lowest BCUT2D eigenvalue weighted by Gasteiger charge is -2.18. The molecule has 0 unspecified atom stereocenters. The van der Waals surface area contributed by atoms with Crippen molar-refractivity contribution in [2.75, 3.05) is 7.05 Å². The summed E-state index contributed by atoms with van der Waals surface area (Å²) >= 11 is 0. The lowest BCUT2D eigenvalue weighted by atomic mass is 10.1. The van der Waals surface area contributed by atoms with E-state index < -0.39 is 0 Å². The summed E-state index contributed by atoms with van der Waals surface area (Å²) in [6, 6.07) is 20.0. The Hall–Kier alpha value is -2.88. The molecule has 0 saturated heterocycles. The summed E-state index contributed by atoms with van der Waals surface area (Å²) in [5.41, 5.74) is 4.60. The summed E-state index contributed by atoms with van der Waals surface area (Å²) in [6.07, 6.45) is 1.74. The quantitative estimate of drug-likeness (QED) is 0.662. The molecule has 0 atom stereocenters. The van der Waals surface area contributed by atoms with E-state index in [-0.39, 0.29) is 5.91 Å². The normalized spacial score (nSPS) is 10.7. The number of carbonyl (C=O) groups excluding carboxylic acids is 1. The van der Waals surface area contributed by atoms with Crippen molar-refractivity contribution in [3.8, 4) is 5.69 Å². The Kier molecular flexibility index (Phi) is 5.52. The first-order chi connectivity index (χ1) is 12.6. The molecule has 134 valence electrons. The molecule has 1 amide bonds. The van der Waals surface area contributed by atoms with Gasteiger partial charge >= 0.3 is 0 Å². The van der Waals surface area contributed by atoms with Gasteiger partial charge in [-0.05, 0) is 31.0 Å². The predicted octanol–water partition coefficient (Wildman–Crippen LogP) is 4.41. The monoisotopic (exact) mass is 347 g/mol. The first-order valence-corrected chi connectivity index (χ1v) is 9.05. The number of benzene rings is 2. The van der Waals surface area contributed by atoms with Crippen LogP contribution in [0.25, 0.3) is 5.69 Å². The van der Waals surface area contributed by atoms with Crippen LogP contribution >= 0.6 is 0 Å². The third-order valence-corrected chi connectivity index (χ3v) is 4.50. The number of hydrogen-bond donors (Lipinski definition) is 0. The summed E-state index contributed by atoms with van der Waals surface area (Å²) in [6.45, 7) is 4.67. The van der Waals surface area contributed by atoms with Crippen LogP contribution in [0.1, 0.15) is 40.7 Å². The third-order valence-electron chi connectivity index (χ3n) is 4.50.